The molecule has 1 atom stereocenters. The average Bonchev–Trinajstić information content (AvgIpc) is 2.61. The van der Waals surface area contributed by atoms with E-state index >= 15 is 0 Å². The van der Waals surface area contributed by atoms with Crippen LogP contribution in [0.5, 0.6) is 0 Å². The molecule has 0 aromatic carbocycles. The molecule has 0 saturated carbocycles. The number of nitrogens with one attached hydrogen (secondary N) is 2. The van der Waals surface area contributed by atoms with Gasteiger partial charge in [-0.3, -0.25) is 5.32 Å². The van der Waals surface area contributed by atoms with E-state index in [9.17, 15) is 14.7 Å². The second-order valence-electron chi connectivity index (χ2n) is 4.78. The smallest absolute Gasteiger partial charge is 0.321 e. The number of carbonyl (C=O) groups excluding carboxylic acids is 2. The third kappa shape index (κ3) is 5.88. The first-order valence-corrected chi connectivity index (χ1v) is 7.17. The maximum Gasteiger partial charge on any atom is 0.321 e. The maximum absolute atomic E-state index is 11.6. The van der Waals surface area contributed by atoms with Crippen LogP contribution in [0.25, 0.3) is 0 Å². The van der Waals surface area contributed by atoms with Gasteiger partial charge in [-0.1, -0.05) is 23.1 Å². The van der Waals surface area contributed by atoms with Gasteiger partial charge in [0.25, 0.3) is 0 Å². The lowest BCUT2D eigenvalue weighted by molar-refractivity contribution is -0.304. The Labute approximate surface area is 119 Å². The lowest BCUT2D eigenvalue weighted by Crippen LogP contribution is -2.43. The molecule has 9 heteroatoms. The Bertz CT molecular complexity index is 470. The van der Waals surface area contributed by atoms with Crippen molar-refractivity contribution in [3.05, 3.63) is 0 Å². The van der Waals surface area contributed by atoms with Crippen LogP contribution >= 0.6 is 23.1 Å². The Kier molecular flexibility index (Phi) is 5.12. The number of anilines is 1. The van der Waals surface area contributed by atoms with E-state index in [1.165, 1.54) is 6.92 Å². The molecule has 2 amide bonds. The van der Waals surface area contributed by atoms with Gasteiger partial charge in [0.05, 0.1) is 5.97 Å². The second kappa shape index (κ2) is 6.20. The van der Waals surface area contributed by atoms with E-state index < -0.39 is 11.2 Å². The molecule has 1 heterocycles. The number of carboxylic acid groups (broad SMARTS) is 1. The number of amides is 2. The molecule has 7 nitrogen and oxygen atoms in total. The van der Waals surface area contributed by atoms with E-state index in [0.29, 0.717) is 9.47 Å². The molecule has 1 aromatic rings. The molecule has 0 fully saturated rings. The van der Waals surface area contributed by atoms with Crippen LogP contribution in [0.1, 0.15) is 27.7 Å². The quantitative estimate of drug-likeness (QED) is 0.626. The minimum atomic E-state index is -1.17. The highest BCUT2D eigenvalue weighted by Gasteiger charge is 2.16. The van der Waals surface area contributed by atoms with Gasteiger partial charge in [0, 0.05) is 10.8 Å². The van der Waals surface area contributed by atoms with E-state index in [-0.39, 0.29) is 11.6 Å². The number of aromatic nitrogens is 2. The fraction of sp³-hybridized carbons (Fsp3) is 0.600. The molecule has 0 aliphatic heterocycles. The summed E-state index contributed by atoms with van der Waals surface area (Å²) < 4.78 is 0.461. The van der Waals surface area contributed by atoms with Crippen molar-refractivity contribution in [1.82, 2.24) is 15.5 Å². The highest BCUT2D eigenvalue weighted by atomic mass is 32.2. The number of thioether (sulfide) groups is 1. The van der Waals surface area contributed by atoms with Gasteiger partial charge in [0.15, 0.2) is 4.34 Å². The first-order chi connectivity index (χ1) is 8.67. The summed E-state index contributed by atoms with van der Waals surface area (Å²) in [6.45, 7) is 7.07. The molecule has 0 spiro atoms. The van der Waals surface area contributed by atoms with Crippen molar-refractivity contribution in [3.8, 4) is 0 Å². The van der Waals surface area contributed by atoms with Crippen LogP contribution in [0, 0.1) is 0 Å². The number of carboxylic acids is 1. The van der Waals surface area contributed by atoms with Crippen molar-refractivity contribution >= 4 is 40.2 Å². The topological polar surface area (TPSA) is 107 Å². The fourth-order valence-corrected chi connectivity index (χ4v) is 2.80. The number of rotatable bonds is 4. The maximum atomic E-state index is 11.6. The number of hydrogen-bond acceptors (Lipinski definition) is 7. The molecular formula is C10H15N4O3S2-. The molecule has 0 aliphatic carbocycles. The third-order valence-corrected chi connectivity index (χ3v) is 3.73. The molecule has 1 aromatic heterocycles. The third-order valence-electron chi connectivity index (χ3n) is 1.72. The Hall–Kier alpha value is -1.35. The molecular weight excluding hydrogens is 288 g/mol. The molecule has 0 saturated heterocycles. The van der Waals surface area contributed by atoms with Gasteiger partial charge < -0.3 is 15.2 Å². The van der Waals surface area contributed by atoms with Crippen molar-refractivity contribution in [2.45, 2.75) is 42.8 Å². The van der Waals surface area contributed by atoms with Crippen molar-refractivity contribution in [2.75, 3.05) is 5.32 Å². The van der Waals surface area contributed by atoms with Crippen LogP contribution in [-0.4, -0.2) is 33.0 Å². The standard InChI is InChI=1S/C10H16N4O3S2/c1-5(6(15)16)18-9-14-13-8(19-9)11-7(17)12-10(2,3)4/h5H,1-4H3,(H,15,16)(H2,11,12,13,17)/p-1/t5-/m1/s1. The predicted octanol–water partition coefficient (Wildman–Crippen LogP) is 0.689. The van der Waals surface area contributed by atoms with Crippen molar-refractivity contribution in [2.24, 2.45) is 0 Å². The van der Waals surface area contributed by atoms with Crippen LogP contribution in [0.15, 0.2) is 4.34 Å². The van der Waals surface area contributed by atoms with Crippen LogP contribution in [0.2, 0.25) is 0 Å². The van der Waals surface area contributed by atoms with Gasteiger partial charge in [-0.2, -0.15) is 0 Å². The zero-order valence-electron chi connectivity index (χ0n) is 11.0. The molecule has 0 radical (unpaired) electrons. The lowest BCUT2D eigenvalue weighted by atomic mass is 10.1. The van der Waals surface area contributed by atoms with Crippen LogP contribution in [0.3, 0.4) is 0 Å². The Morgan fingerprint density at radius 3 is 2.53 bits per heavy atom. The van der Waals surface area contributed by atoms with Gasteiger partial charge in [0.2, 0.25) is 5.13 Å². The number of carbonyl (C=O) groups is 2. The molecule has 2 N–H and O–H groups in total. The predicted molar refractivity (Wildman–Crippen MR) is 72.1 cm³/mol. The number of aliphatic carboxylic acids is 1. The van der Waals surface area contributed by atoms with E-state index in [1.54, 1.807) is 0 Å². The monoisotopic (exact) mass is 303 g/mol. The summed E-state index contributed by atoms with van der Waals surface area (Å²) in [4.78, 5) is 22.2. The lowest BCUT2D eigenvalue weighted by Gasteiger charge is -2.19. The summed E-state index contributed by atoms with van der Waals surface area (Å²) in [5.74, 6) is -1.17. The van der Waals surface area contributed by atoms with Crippen molar-refractivity contribution < 1.29 is 14.7 Å². The van der Waals surface area contributed by atoms with Crippen molar-refractivity contribution in [1.29, 1.82) is 0 Å². The van der Waals surface area contributed by atoms with Crippen LogP contribution in [-0.2, 0) is 4.79 Å². The summed E-state index contributed by atoms with van der Waals surface area (Å²) in [6, 6.07) is -0.381. The Morgan fingerprint density at radius 2 is 2.00 bits per heavy atom. The molecule has 106 valence electrons. The Balaban J connectivity index is 2.56. The van der Waals surface area contributed by atoms with E-state index in [1.807, 2.05) is 20.8 Å². The summed E-state index contributed by atoms with van der Waals surface area (Å²) in [5.41, 5.74) is -0.351. The molecule has 0 aliphatic rings. The zero-order valence-corrected chi connectivity index (χ0v) is 12.6. The number of hydrogen-bond donors (Lipinski definition) is 2. The van der Waals surface area contributed by atoms with Crippen molar-refractivity contribution in [3.63, 3.8) is 0 Å². The Morgan fingerprint density at radius 1 is 1.37 bits per heavy atom. The second-order valence-corrected chi connectivity index (χ2v) is 7.35. The minimum Gasteiger partial charge on any atom is -0.549 e. The van der Waals surface area contributed by atoms with Gasteiger partial charge in [-0.15, -0.1) is 10.2 Å². The first kappa shape index (κ1) is 15.7. The normalized spacial score (nSPS) is 12.8. The summed E-state index contributed by atoms with van der Waals surface area (Å²) in [7, 11) is 0. The molecule has 0 unspecified atom stereocenters. The summed E-state index contributed by atoms with van der Waals surface area (Å²) >= 11 is 2.13. The van der Waals surface area contributed by atoms with Crippen LogP contribution in [0.4, 0.5) is 9.93 Å². The van der Waals surface area contributed by atoms with Gasteiger partial charge in [0.1, 0.15) is 0 Å². The molecule has 19 heavy (non-hydrogen) atoms. The molecule has 0 bridgehead atoms. The van der Waals surface area contributed by atoms with E-state index in [4.69, 9.17) is 0 Å². The SMILES string of the molecule is C[C@@H](Sc1nnc(NC(=O)NC(C)(C)C)s1)C(=O)[O-]. The van der Waals surface area contributed by atoms with Gasteiger partial charge >= 0.3 is 6.03 Å². The largest absolute Gasteiger partial charge is 0.549 e. The van der Waals surface area contributed by atoms with Gasteiger partial charge in [-0.25, -0.2) is 4.79 Å². The fourth-order valence-electron chi connectivity index (χ4n) is 0.976. The van der Waals surface area contributed by atoms with E-state index in [2.05, 4.69) is 20.8 Å². The zero-order chi connectivity index (χ0) is 14.6. The molecule has 1 rings (SSSR count). The van der Waals surface area contributed by atoms with Gasteiger partial charge in [-0.05, 0) is 27.7 Å². The van der Waals surface area contributed by atoms with Crippen LogP contribution < -0.4 is 15.7 Å². The highest BCUT2D eigenvalue weighted by Crippen LogP contribution is 2.28. The summed E-state index contributed by atoms with van der Waals surface area (Å²) in [5, 5.41) is 23.0. The number of nitrogens with zero attached hydrogens (tertiary/aromatic N) is 2. The summed E-state index contributed by atoms with van der Waals surface area (Å²) in [6.07, 6.45) is 0. The average molecular weight is 303 g/mol. The highest BCUT2D eigenvalue weighted by molar-refractivity contribution is 8.02. The number of urea groups is 1. The first-order valence-electron chi connectivity index (χ1n) is 5.47. The van der Waals surface area contributed by atoms with E-state index in [0.717, 1.165) is 23.1 Å². The minimum absolute atomic E-state index is 0.315.